The predicted molar refractivity (Wildman–Crippen MR) is 149 cm³/mol. The van der Waals surface area contributed by atoms with Crippen molar-refractivity contribution in [1.29, 1.82) is 0 Å². The smallest absolute Gasteiger partial charge is 0.167 e. The van der Waals surface area contributed by atoms with Crippen LogP contribution in [0.25, 0.3) is 22.2 Å². The van der Waals surface area contributed by atoms with Crippen molar-refractivity contribution in [2.45, 2.75) is 32.8 Å². The zero-order chi connectivity index (χ0) is 26.4. The Labute approximate surface area is 230 Å². The summed E-state index contributed by atoms with van der Waals surface area (Å²) in [4.78, 5) is 13.6. The number of halogens is 3. The molecule has 0 amide bonds. The van der Waals surface area contributed by atoms with Crippen molar-refractivity contribution in [3.05, 3.63) is 64.3 Å². The third-order valence-electron chi connectivity index (χ3n) is 7.51. The second kappa shape index (κ2) is 9.98. The van der Waals surface area contributed by atoms with E-state index >= 15 is 0 Å². The second-order valence-electron chi connectivity index (χ2n) is 10.7. The van der Waals surface area contributed by atoms with Gasteiger partial charge in [0, 0.05) is 66.2 Å². The Morgan fingerprint density at radius 2 is 1.84 bits per heavy atom. The minimum absolute atomic E-state index is 0.0824. The Balaban J connectivity index is 1.20. The quantitative estimate of drug-likeness (QED) is 0.280. The molecule has 3 aromatic heterocycles. The van der Waals surface area contributed by atoms with Crippen molar-refractivity contribution in [2.24, 2.45) is 5.41 Å². The van der Waals surface area contributed by atoms with Crippen LogP contribution in [0.15, 0.2) is 42.9 Å². The summed E-state index contributed by atoms with van der Waals surface area (Å²) in [5.41, 5.74) is 2.95. The van der Waals surface area contributed by atoms with Crippen LogP contribution in [0.1, 0.15) is 38.4 Å². The van der Waals surface area contributed by atoms with Crippen LogP contribution < -0.4 is 9.64 Å². The molecule has 10 heteroatoms. The molecule has 6 rings (SSSR count). The SMILES string of the molecule is C[C@@H](Oc1cc2c(-c3ccc(N4CC(C)(CN5CCCC5)C4)nc3)n[nH]c2cc1F)c1c(Cl)cncc1Cl. The van der Waals surface area contributed by atoms with Gasteiger partial charge in [0.15, 0.2) is 11.6 Å². The maximum absolute atomic E-state index is 14.9. The third-order valence-corrected chi connectivity index (χ3v) is 8.11. The van der Waals surface area contributed by atoms with E-state index in [1.54, 1.807) is 13.0 Å². The largest absolute Gasteiger partial charge is 0.483 e. The number of ether oxygens (including phenoxy) is 1. The standard InChI is InChI=1S/C28H29Cl2FN6O/c1-17(26-20(29)12-32-13-21(26)30)38-24-9-19-23(10-22(24)31)34-35-27(19)18-5-6-25(33-11-18)37-15-28(2,16-37)14-36-7-3-4-8-36/h5-6,9-13,17H,3-4,7-8,14-16H2,1-2H3,(H,34,35)/t17-/m1/s1. The zero-order valence-corrected chi connectivity index (χ0v) is 22.9. The summed E-state index contributed by atoms with van der Waals surface area (Å²) >= 11 is 12.5. The first kappa shape index (κ1) is 25.3. The van der Waals surface area contributed by atoms with E-state index in [1.165, 1.54) is 44.4 Å². The Hall–Kier alpha value is -2.94. The molecular formula is C28H29Cl2FN6O. The predicted octanol–water partition coefficient (Wildman–Crippen LogP) is 6.53. The van der Waals surface area contributed by atoms with E-state index in [9.17, 15) is 4.39 Å². The molecule has 2 saturated heterocycles. The summed E-state index contributed by atoms with van der Waals surface area (Å²) in [6.07, 6.45) is 6.84. The Morgan fingerprint density at radius 1 is 1.11 bits per heavy atom. The molecule has 2 aliphatic rings. The fourth-order valence-corrected chi connectivity index (χ4v) is 6.39. The van der Waals surface area contributed by atoms with Gasteiger partial charge in [-0.15, -0.1) is 0 Å². The molecule has 2 fully saturated rings. The van der Waals surface area contributed by atoms with Crippen LogP contribution in [-0.2, 0) is 0 Å². The number of H-pyrrole nitrogens is 1. The van der Waals surface area contributed by atoms with Gasteiger partial charge in [-0.05, 0) is 51.1 Å². The molecule has 5 heterocycles. The average molecular weight is 555 g/mol. The summed E-state index contributed by atoms with van der Waals surface area (Å²) < 4.78 is 20.9. The number of aromatic amines is 1. The highest BCUT2D eigenvalue weighted by Crippen LogP contribution is 2.38. The van der Waals surface area contributed by atoms with Crippen LogP contribution in [0.3, 0.4) is 0 Å². The molecular weight excluding hydrogens is 526 g/mol. The van der Waals surface area contributed by atoms with Crippen LogP contribution >= 0.6 is 23.2 Å². The van der Waals surface area contributed by atoms with Gasteiger partial charge in [-0.2, -0.15) is 5.10 Å². The number of aromatic nitrogens is 4. The lowest BCUT2D eigenvalue weighted by atomic mass is 9.81. The van der Waals surface area contributed by atoms with E-state index < -0.39 is 11.9 Å². The molecule has 0 spiro atoms. The molecule has 0 saturated carbocycles. The Morgan fingerprint density at radius 3 is 2.53 bits per heavy atom. The van der Waals surface area contributed by atoms with Gasteiger partial charge >= 0.3 is 0 Å². The Kier molecular flexibility index (Phi) is 6.66. The van der Waals surface area contributed by atoms with Crippen molar-refractivity contribution >= 4 is 39.9 Å². The van der Waals surface area contributed by atoms with Gasteiger partial charge < -0.3 is 14.5 Å². The molecule has 1 atom stereocenters. The lowest BCUT2D eigenvalue weighted by Crippen LogP contribution is -2.59. The van der Waals surface area contributed by atoms with Crippen molar-refractivity contribution in [2.75, 3.05) is 37.6 Å². The fraction of sp³-hybridized carbons (Fsp3) is 0.393. The molecule has 2 aliphatic heterocycles. The minimum atomic E-state index is -0.589. The van der Waals surface area contributed by atoms with E-state index in [1.807, 2.05) is 18.3 Å². The van der Waals surface area contributed by atoms with E-state index in [0.29, 0.717) is 32.2 Å². The van der Waals surface area contributed by atoms with Crippen LogP contribution in [0.5, 0.6) is 5.75 Å². The van der Waals surface area contributed by atoms with Crippen molar-refractivity contribution in [1.82, 2.24) is 25.1 Å². The molecule has 0 bridgehead atoms. The summed E-state index contributed by atoms with van der Waals surface area (Å²) in [6.45, 7) is 9.74. The van der Waals surface area contributed by atoms with E-state index in [0.717, 1.165) is 36.4 Å². The van der Waals surface area contributed by atoms with Crippen LogP contribution in [-0.4, -0.2) is 57.8 Å². The number of likely N-dealkylation sites (tertiary alicyclic amines) is 1. The maximum Gasteiger partial charge on any atom is 0.167 e. The number of nitrogens with one attached hydrogen (secondary N) is 1. The first-order valence-corrected chi connectivity index (χ1v) is 13.6. The molecule has 1 N–H and O–H groups in total. The maximum atomic E-state index is 14.9. The lowest BCUT2D eigenvalue weighted by molar-refractivity contribution is 0.151. The van der Waals surface area contributed by atoms with Gasteiger partial charge in [0.05, 0.1) is 15.6 Å². The lowest BCUT2D eigenvalue weighted by Gasteiger charge is -2.50. The van der Waals surface area contributed by atoms with Gasteiger partial charge in [-0.25, -0.2) is 9.37 Å². The first-order valence-electron chi connectivity index (χ1n) is 12.9. The molecule has 38 heavy (non-hydrogen) atoms. The number of hydrogen-bond donors (Lipinski definition) is 1. The number of anilines is 1. The van der Waals surface area contributed by atoms with Crippen LogP contribution in [0.4, 0.5) is 10.2 Å². The third kappa shape index (κ3) is 4.81. The highest BCUT2D eigenvalue weighted by Gasteiger charge is 2.41. The zero-order valence-electron chi connectivity index (χ0n) is 21.3. The summed E-state index contributed by atoms with van der Waals surface area (Å²) in [5, 5.41) is 8.83. The van der Waals surface area contributed by atoms with E-state index in [2.05, 4.69) is 31.9 Å². The van der Waals surface area contributed by atoms with Crippen LogP contribution in [0, 0.1) is 11.2 Å². The normalized spacial score (nSPS) is 18.1. The van der Waals surface area contributed by atoms with Gasteiger partial charge in [0.1, 0.15) is 17.6 Å². The minimum Gasteiger partial charge on any atom is -0.483 e. The average Bonchev–Trinajstić information content (AvgIpc) is 3.52. The summed E-state index contributed by atoms with van der Waals surface area (Å²) in [5.74, 6) is 0.533. The van der Waals surface area contributed by atoms with Crippen molar-refractivity contribution in [3.8, 4) is 17.0 Å². The molecule has 0 radical (unpaired) electrons. The summed E-state index contributed by atoms with van der Waals surface area (Å²) in [6, 6.07) is 7.07. The first-order chi connectivity index (χ1) is 18.3. The van der Waals surface area contributed by atoms with E-state index in [-0.39, 0.29) is 5.75 Å². The van der Waals surface area contributed by atoms with Gasteiger partial charge in [-0.1, -0.05) is 30.1 Å². The molecule has 4 aromatic rings. The molecule has 0 unspecified atom stereocenters. The topological polar surface area (TPSA) is 70.2 Å². The van der Waals surface area contributed by atoms with Gasteiger partial charge in [0.25, 0.3) is 0 Å². The molecule has 0 aliphatic carbocycles. The number of fused-ring (bicyclic) bond motifs is 1. The van der Waals surface area contributed by atoms with Crippen molar-refractivity contribution in [3.63, 3.8) is 0 Å². The van der Waals surface area contributed by atoms with Gasteiger partial charge in [0.2, 0.25) is 0 Å². The molecule has 7 nitrogen and oxygen atoms in total. The number of hydrogen-bond acceptors (Lipinski definition) is 6. The summed E-state index contributed by atoms with van der Waals surface area (Å²) in [7, 11) is 0. The highest BCUT2D eigenvalue weighted by atomic mass is 35.5. The fourth-order valence-electron chi connectivity index (χ4n) is 5.72. The number of pyridine rings is 2. The molecule has 1 aromatic carbocycles. The highest BCUT2D eigenvalue weighted by molar-refractivity contribution is 6.35. The van der Waals surface area contributed by atoms with Crippen LogP contribution in [0.2, 0.25) is 10.0 Å². The second-order valence-corrected chi connectivity index (χ2v) is 11.5. The number of nitrogens with zero attached hydrogens (tertiary/aromatic N) is 5. The Bertz CT molecular complexity index is 1440. The number of benzene rings is 1. The monoisotopic (exact) mass is 554 g/mol. The van der Waals surface area contributed by atoms with E-state index in [4.69, 9.17) is 32.9 Å². The van der Waals surface area contributed by atoms with Crippen molar-refractivity contribution < 1.29 is 9.13 Å². The number of rotatable bonds is 7. The van der Waals surface area contributed by atoms with Gasteiger partial charge in [-0.3, -0.25) is 10.1 Å². The molecule has 198 valence electrons.